The first-order valence-electron chi connectivity index (χ1n) is 5.83. The van der Waals surface area contributed by atoms with Gasteiger partial charge in [0.1, 0.15) is 12.2 Å². The Labute approximate surface area is 113 Å². The fraction of sp³-hybridized carbons (Fsp3) is 0.214. The summed E-state index contributed by atoms with van der Waals surface area (Å²) >= 11 is 0. The van der Waals surface area contributed by atoms with Crippen molar-refractivity contribution in [1.82, 2.24) is 4.98 Å². The molecule has 0 spiro atoms. The van der Waals surface area contributed by atoms with Gasteiger partial charge in [-0.25, -0.2) is 0 Å². The average molecular weight is 283 g/mol. The zero-order chi connectivity index (χ0) is 14.8. The standard InChI is InChI=1S/C14H12F3NO2/c15-14(16,17)11-6-7-18-8-10(11)13(20)12(19)9-4-2-1-3-5-9/h1-8,12-13,19-20H. The van der Waals surface area contributed by atoms with Crippen LogP contribution in [0.4, 0.5) is 13.2 Å². The van der Waals surface area contributed by atoms with E-state index >= 15 is 0 Å². The van der Waals surface area contributed by atoms with Crippen LogP contribution in [-0.2, 0) is 6.18 Å². The van der Waals surface area contributed by atoms with Crippen LogP contribution in [-0.4, -0.2) is 15.2 Å². The first-order valence-corrected chi connectivity index (χ1v) is 5.83. The van der Waals surface area contributed by atoms with Gasteiger partial charge in [0.05, 0.1) is 5.56 Å². The molecule has 2 atom stereocenters. The van der Waals surface area contributed by atoms with E-state index in [0.717, 1.165) is 18.5 Å². The lowest BCUT2D eigenvalue weighted by molar-refractivity contribution is -0.140. The molecule has 0 aliphatic carbocycles. The third-order valence-electron chi connectivity index (χ3n) is 2.92. The topological polar surface area (TPSA) is 53.4 Å². The molecule has 0 saturated carbocycles. The zero-order valence-electron chi connectivity index (χ0n) is 10.2. The first kappa shape index (κ1) is 14.5. The number of pyridine rings is 1. The largest absolute Gasteiger partial charge is 0.416 e. The predicted molar refractivity (Wildman–Crippen MR) is 65.6 cm³/mol. The highest BCUT2D eigenvalue weighted by atomic mass is 19.4. The van der Waals surface area contributed by atoms with Crippen LogP contribution in [0, 0.1) is 0 Å². The normalized spacial score (nSPS) is 14.8. The summed E-state index contributed by atoms with van der Waals surface area (Å²) in [5.41, 5.74) is -1.12. The smallest absolute Gasteiger partial charge is 0.385 e. The maximum absolute atomic E-state index is 12.9. The molecule has 106 valence electrons. The van der Waals surface area contributed by atoms with Crippen molar-refractivity contribution in [1.29, 1.82) is 0 Å². The van der Waals surface area contributed by atoms with E-state index in [4.69, 9.17) is 0 Å². The Morgan fingerprint density at radius 1 is 0.950 bits per heavy atom. The quantitative estimate of drug-likeness (QED) is 0.910. The van der Waals surface area contributed by atoms with Gasteiger partial charge in [-0.05, 0) is 11.6 Å². The fourth-order valence-electron chi connectivity index (χ4n) is 1.90. The molecule has 0 amide bonds. The van der Waals surface area contributed by atoms with Gasteiger partial charge in [-0.3, -0.25) is 4.98 Å². The SMILES string of the molecule is OC(c1ccccc1)C(O)c1cnccc1C(F)(F)F. The molecule has 3 nitrogen and oxygen atoms in total. The number of aliphatic hydroxyl groups is 2. The minimum absolute atomic E-state index is 0.331. The van der Waals surface area contributed by atoms with Gasteiger partial charge in [0, 0.05) is 18.0 Å². The van der Waals surface area contributed by atoms with Crippen molar-refractivity contribution in [2.45, 2.75) is 18.4 Å². The lowest BCUT2D eigenvalue weighted by Gasteiger charge is -2.21. The van der Waals surface area contributed by atoms with Crippen LogP contribution >= 0.6 is 0 Å². The van der Waals surface area contributed by atoms with Crippen molar-refractivity contribution in [3.63, 3.8) is 0 Å². The molecule has 2 aromatic rings. The number of rotatable bonds is 3. The number of aromatic nitrogens is 1. The molecule has 0 aliphatic rings. The van der Waals surface area contributed by atoms with Crippen molar-refractivity contribution >= 4 is 0 Å². The van der Waals surface area contributed by atoms with Gasteiger partial charge >= 0.3 is 6.18 Å². The molecule has 20 heavy (non-hydrogen) atoms. The maximum atomic E-state index is 12.9. The molecule has 1 aromatic heterocycles. The minimum atomic E-state index is -4.62. The Hall–Kier alpha value is -1.92. The monoisotopic (exact) mass is 283 g/mol. The molecule has 0 bridgehead atoms. The zero-order valence-corrected chi connectivity index (χ0v) is 10.2. The summed E-state index contributed by atoms with van der Waals surface area (Å²) in [7, 11) is 0. The second kappa shape index (κ2) is 5.60. The second-order valence-corrected chi connectivity index (χ2v) is 4.26. The van der Waals surface area contributed by atoms with E-state index in [9.17, 15) is 23.4 Å². The summed E-state index contributed by atoms with van der Waals surface area (Å²) in [4.78, 5) is 3.58. The summed E-state index contributed by atoms with van der Waals surface area (Å²) in [6, 6.07) is 8.78. The summed E-state index contributed by atoms with van der Waals surface area (Å²) < 4.78 is 38.6. The van der Waals surface area contributed by atoms with Gasteiger partial charge < -0.3 is 10.2 Å². The van der Waals surface area contributed by atoms with E-state index in [0.29, 0.717) is 5.56 Å². The summed E-state index contributed by atoms with van der Waals surface area (Å²) in [6.45, 7) is 0. The van der Waals surface area contributed by atoms with Crippen LogP contribution in [0.1, 0.15) is 28.9 Å². The molecule has 0 saturated heterocycles. The molecule has 2 N–H and O–H groups in total. The summed E-state index contributed by atoms with van der Waals surface area (Å²) in [5, 5.41) is 20.0. The molecule has 0 fully saturated rings. The Balaban J connectivity index is 2.37. The average Bonchev–Trinajstić information content (AvgIpc) is 2.46. The van der Waals surface area contributed by atoms with Gasteiger partial charge in [-0.1, -0.05) is 30.3 Å². The Morgan fingerprint density at radius 3 is 2.20 bits per heavy atom. The number of halogens is 3. The van der Waals surface area contributed by atoms with Gasteiger partial charge in [-0.15, -0.1) is 0 Å². The lowest BCUT2D eigenvalue weighted by Crippen LogP contribution is -2.17. The Kier molecular flexibility index (Phi) is 4.06. The Morgan fingerprint density at radius 2 is 1.60 bits per heavy atom. The molecule has 1 aromatic carbocycles. The maximum Gasteiger partial charge on any atom is 0.416 e. The number of benzene rings is 1. The van der Waals surface area contributed by atoms with Crippen LogP contribution in [0.15, 0.2) is 48.8 Å². The van der Waals surface area contributed by atoms with Gasteiger partial charge in [-0.2, -0.15) is 13.2 Å². The highest BCUT2D eigenvalue weighted by molar-refractivity contribution is 5.31. The van der Waals surface area contributed by atoms with E-state index in [-0.39, 0.29) is 0 Å². The third kappa shape index (κ3) is 2.97. The van der Waals surface area contributed by atoms with Crippen molar-refractivity contribution in [3.05, 3.63) is 65.5 Å². The minimum Gasteiger partial charge on any atom is -0.385 e. The van der Waals surface area contributed by atoms with Crippen molar-refractivity contribution in [2.75, 3.05) is 0 Å². The number of alkyl halides is 3. The van der Waals surface area contributed by atoms with Crippen LogP contribution < -0.4 is 0 Å². The highest BCUT2D eigenvalue weighted by Crippen LogP contribution is 2.37. The van der Waals surface area contributed by atoms with E-state index in [1.165, 1.54) is 12.1 Å². The number of aliphatic hydroxyl groups excluding tert-OH is 2. The van der Waals surface area contributed by atoms with E-state index in [2.05, 4.69) is 4.98 Å². The van der Waals surface area contributed by atoms with Crippen molar-refractivity contribution in [3.8, 4) is 0 Å². The van der Waals surface area contributed by atoms with Crippen LogP contribution in [0.3, 0.4) is 0 Å². The molecule has 6 heteroatoms. The van der Waals surface area contributed by atoms with Crippen molar-refractivity contribution < 1.29 is 23.4 Å². The molecule has 2 rings (SSSR count). The van der Waals surface area contributed by atoms with Crippen LogP contribution in [0.2, 0.25) is 0 Å². The van der Waals surface area contributed by atoms with E-state index in [1.54, 1.807) is 18.2 Å². The highest BCUT2D eigenvalue weighted by Gasteiger charge is 2.36. The second-order valence-electron chi connectivity index (χ2n) is 4.26. The molecule has 0 aliphatic heterocycles. The summed E-state index contributed by atoms with van der Waals surface area (Å²) in [5.74, 6) is 0. The van der Waals surface area contributed by atoms with Crippen LogP contribution in [0.5, 0.6) is 0 Å². The van der Waals surface area contributed by atoms with Gasteiger partial charge in [0.2, 0.25) is 0 Å². The Bertz CT molecular complexity index is 572. The lowest BCUT2D eigenvalue weighted by atomic mass is 9.96. The molecular weight excluding hydrogens is 271 g/mol. The molecule has 0 radical (unpaired) electrons. The summed E-state index contributed by atoms with van der Waals surface area (Å²) in [6.07, 6.45) is -5.87. The third-order valence-corrected chi connectivity index (χ3v) is 2.92. The van der Waals surface area contributed by atoms with Gasteiger partial charge in [0.25, 0.3) is 0 Å². The van der Waals surface area contributed by atoms with Gasteiger partial charge in [0.15, 0.2) is 0 Å². The molecule has 1 heterocycles. The predicted octanol–water partition coefficient (Wildman–Crippen LogP) is 2.87. The number of nitrogens with zero attached hydrogens (tertiary/aromatic N) is 1. The number of hydrogen-bond donors (Lipinski definition) is 2. The van der Waals surface area contributed by atoms with E-state index in [1.807, 2.05) is 0 Å². The molecule has 2 unspecified atom stereocenters. The van der Waals surface area contributed by atoms with Crippen LogP contribution in [0.25, 0.3) is 0 Å². The molecular formula is C14H12F3NO2. The fourth-order valence-corrected chi connectivity index (χ4v) is 1.90. The van der Waals surface area contributed by atoms with E-state index < -0.39 is 29.5 Å². The number of hydrogen-bond acceptors (Lipinski definition) is 3. The first-order chi connectivity index (χ1) is 9.41. The van der Waals surface area contributed by atoms with Crippen molar-refractivity contribution in [2.24, 2.45) is 0 Å².